The molecule has 0 atom stereocenters. The van der Waals surface area contributed by atoms with Crippen LogP contribution in [0, 0.1) is 6.92 Å². The highest BCUT2D eigenvalue weighted by molar-refractivity contribution is 7.12. The van der Waals surface area contributed by atoms with E-state index in [4.69, 9.17) is 4.42 Å². The Morgan fingerprint density at radius 2 is 2.47 bits per heavy atom. The Hall–Kier alpha value is -1.69. The summed E-state index contributed by atoms with van der Waals surface area (Å²) in [6.45, 7) is 1.97. The monoisotopic (exact) mass is 223 g/mol. The summed E-state index contributed by atoms with van der Waals surface area (Å²) in [5.41, 5.74) is 0. The smallest absolute Gasteiger partial charge is 0.261 e. The normalized spacial score (nSPS) is 10.2. The van der Waals surface area contributed by atoms with Crippen molar-refractivity contribution in [2.45, 2.75) is 13.5 Å². The highest BCUT2D eigenvalue weighted by Gasteiger charge is 2.08. The third kappa shape index (κ3) is 2.41. The van der Waals surface area contributed by atoms with Gasteiger partial charge in [-0.3, -0.25) is 4.79 Å². The largest absolute Gasteiger partial charge is 0.424 e. The van der Waals surface area contributed by atoms with Crippen molar-refractivity contribution in [3.05, 3.63) is 34.2 Å². The van der Waals surface area contributed by atoms with Gasteiger partial charge in [0, 0.05) is 6.92 Å². The predicted molar refractivity (Wildman–Crippen MR) is 54.5 cm³/mol. The molecule has 0 aliphatic rings. The molecule has 0 aromatic carbocycles. The van der Waals surface area contributed by atoms with Gasteiger partial charge in [0.05, 0.1) is 11.4 Å². The fourth-order valence-electron chi connectivity index (χ4n) is 1.06. The third-order valence-corrected chi connectivity index (χ3v) is 2.58. The second-order valence-electron chi connectivity index (χ2n) is 2.87. The number of carbonyl (C=O) groups is 1. The maximum Gasteiger partial charge on any atom is 0.261 e. The van der Waals surface area contributed by atoms with Gasteiger partial charge in [-0.15, -0.1) is 21.5 Å². The zero-order valence-corrected chi connectivity index (χ0v) is 8.87. The van der Waals surface area contributed by atoms with Gasteiger partial charge in [-0.25, -0.2) is 0 Å². The first-order valence-corrected chi connectivity index (χ1v) is 5.24. The van der Waals surface area contributed by atoms with E-state index in [1.165, 1.54) is 11.3 Å². The summed E-state index contributed by atoms with van der Waals surface area (Å²) in [4.78, 5) is 12.2. The van der Waals surface area contributed by atoms with Crippen LogP contribution in [0.25, 0.3) is 0 Å². The summed E-state index contributed by atoms with van der Waals surface area (Å²) in [5, 5.41) is 12.0. The van der Waals surface area contributed by atoms with Crippen LogP contribution in [0.5, 0.6) is 0 Å². The van der Waals surface area contributed by atoms with Crippen LogP contribution in [0.2, 0.25) is 0 Å². The molecule has 2 rings (SSSR count). The summed E-state index contributed by atoms with van der Waals surface area (Å²) >= 11 is 1.39. The Balaban J connectivity index is 1.91. The van der Waals surface area contributed by atoms with E-state index in [0.717, 1.165) is 0 Å². The lowest BCUT2D eigenvalue weighted by Crippen LogP contribution is -2.21. The molecule has 78 valence electrons. The summed E-state index contributed by atoms with van der Waals surface area (Å²) < 4.78 is 5.12. The molecule has 0 fully saturated rings. The summed E-state index contributed by atoms with van der Waals surface area (Å²) in [6.07, 6.45) is 0. The van der Waals surface area contributed by atoms with Gasteiger partial charge in [0.2, 0.25) is 11.8 Å². The molecule has 2 aromatic rings. The zero-order valence-electron chi connectivity index (χ0n) is 8.06. The topological polar surface area (TPSA) is 68.0 Å². The van der Waals surface area contributed by atoms with Crippen LogP contribution < -0.4 is 5.32 Å². The Bertz CT molecular complexity index is 450. The number of amides is 1. The number of aromatic nitrogens is 2. The zero-order chi connectivity index (χ0) is 10.7. The number of nitrogens with one attached hydrogen (secondary N) is 1. The first-order valence-electron chi connectivity index (χ1n) is 4.36. The summed E-state index contributed by atoms with van der Waals surface area (Å²) in [7, 11) is 0. The molecule has 2 heterocycles. The lowest BCUT2D eigenvalue weighted by molar-refractivity contribution is 0.0951. The number of hydrogen-bond acceptors (Lipinski definition) is 5. The molecule has 0 aliphatic heterocycles. The molecule has 0 unspecified atom stereocenters. The maximum atomic E-state index is 11.5. The minimum Gasteiger partial charge on any atom is -0.424 e. The van der Waals surface area contributed by atoms with E-state index in [0.29, 0.717) is 16.7 Å². The van der Waals surface area contributed by atoms with Gasteiger partial charge < -0.3 is 9.73 Å². The van der Waals surface area contributed by atoms with Crippen molar-refractivity contribution in [3.8, 4) is 0 Å². The molecule has 0 bridgehead atoms. The molecule has 1 amide bonds. The SMILES string of the molecule is Cc1nnc(CNC(=O)c2cccs2)o1. The van der Waals surface area contributed by atoms with Gasteiger partial charge in [0.25, 0.3) is 5.91 Å². The average Bonchev–Trinajstić information content (AvgIpc) is 2.84. The van der Waals surface area contributed by atoms with Crippen molar-refractivity contribution in [2.24, 2.45) is 0 Å². The van der Waals surface area contributed by atoms with Gasteiger partial charge in [-0.05, 0) is 11.4 Å². The highest BCUT2D eigenvalue weighted by Crippen LogP contribution is 2.08. The fraction of sp³-hybridized carbons (Fsp3) is 0.222. The molecule has 0 radical (unpaired) electrons. The first-order chi connectivity index (χ1) is 7.25. The Labute approximate surface area is 90.1 Å². The second-order valence-corrected chi connectivity index (χ2v) is 3.82. The fourth-order valence-corrected chi connectivity index (χ4v) is 1.70. The van der Waals surface area contributed by atoms with Crippen molar-refractivity contribution >= 4 is 17.2 Å². The molecule has 0 saturated carbocycles. The van der Waals surface area contributed by atoms with Crippen LogP contribution in [0.3, 0.4) is 0 Å². The van der Waals surface area contributed by atoms with Crippen molar-refractivity contribution < 1.29 is 9.21 Å². The molecule has 15 heavy (non-hydrogen) atoms. The molecule has 5 nitrogen and oxygen atoms in total. The predicted octanol–water partition coefficient (Wildman–Crippen LogP) is 1.37. The van der Waals surface area contributed by atoms with E-state index in [-0.39, 0.29) is 12.5 Å². The number of nitrogens with zero attached hydrogens (tertiary/aromatic N) is 2. The lowest BCUT2D eigenvalue weighted by atomic mass is 10.4. The molecule has 0 aliphatic carbocycles. The summed E-state index contributed by atoms with van der Waals surface area (Å²) in [5.74, 6) is 0.786. The number of aryl methyl sites for hydroxylation is 1. The summed E-state index contributed by atoms with van der Waals surface area (Å²) in [6, 6.07) is 3.59. The van der Waals surface area contributed by atoms with Gasteiger partial charge in [-0.2, -0.15) is 0 Å². The number of thiophene rings is 1. The third-order valence-electron chi connectivity index (χ3n) is 1.71. The molecule has 0 spiro atoms. The van der Waals surface area contributed by atoms with E-state index in [1.807, 2.05) is 11.4 Å². The van der Waals surface area contributed by atoms with Crippen LogP contribution in [0.15, 0.2) is 21.9 Å². The number of rotatable bonds is 3. The lowest BCUT2D eigenvalue weighted by Gasteiger charge is -1.98. The molecule has 6 heteroatoms. The quantitative estimate of drug-likeness (QED) is 0.853. The minimum absolute atomic E-state index is 0.124. The Morgan fingerprint density at radius 1 is 1.60 bits per heavy atom. The van der Waals surface area contributed by atoms with Gasteiger partial charge in [0.1, 0.15) is 0 Å². The standard InChI is InChI=1S/C9H9N3O2S/c1-6-11-12-8(14-6)5-10-9(13)7-3-2-4-15-7/h2-4H,5H2,1H3,(H,10,13). The van der Waals surface area contributed by atoms with Crippen molar-refractivity contribution in [1.29, 1.82) is 0 Å². The van der Waals surface area contributed by atoms with E-state index in [9.17, 15) is 4.79 Å². The van der Waals surface area contributed by atoms with Gasteiger partial charge >= 0.3 is 0 Å². The van der Waals surface area contributed by atoms with Crippen molar-refractivity contribution in [1.82, 2.24) is 15.5 Å². The van der Waals surface area contributed by atoms with Gasteiger partial charge in [0.15, 0.2) is 0 Å². The maximum absolute atomic E-state index is 11.5. The van der Waals surface area contributed by atoms with Crippen LogP contribution in [-0.4, -0.2) is 16.1 Å². The van der Waals surface area contributed by atoms with Crippen LogP contribution >= 0.6 is 11.3 Å². The van der Waals surface area contributed by atoms with Crippen LogP contribution in [-0.2, 0) is 6.54 Å². The average molecular weight is 223 g/mol. The molecular weight excluding hydrogens is 214 g/mol. The van der Waals surface area contributed by atoms with Crippen molar-refractivity contribution in [2.75, 3.05) is 0 Å². The van der Waals surface area contributed by atoms with E-state index in [2.05, 4.69) is 15.5 Å². The molecule has 1 N–H and O–H groups in total. The first kappa shape index (κ1) is 9.85. The Morgan fingerprint density at radius 3 is 3.07 bits per heavy atom. The van der Waals surface area contributed by atoms with Gasteiger partial charge in [-0.1, -0.05) is 6.07 Å². The number of hydrogen-bond donors (Lipinski definition) is 1. The molecule has 2 aromatic heterocycles. The second kappa shape index (κ2) is 4.22. The molecular formula is C9H9N3O2S. The van der Waals surface area contributed by atoms with Crippen molar-refractivity contribution in [3.63, 3.8) is 0 Å². The highest BCUT2D eigenvalue weighted by atomic mass is 32.1. The van der Waals surface area contributed by atoms with E-state index < -0.39 is 0 Å². The van der Waals surface area contributed by atoms with E-state index in [1.54, 1.807) is 13.0 Å². The molecule has 0 saturated heterocycles. The minimum atomic E-state index is -0.124. The van der Waals surface area contributed by atoms with E-state index >= 15 is 0 Å². The number of carbonyl (C=O) groups excluding carboxylic acids is 1. The van der Waals surface area contributed by atoms with Crippen LogP contribution in [0.1, 0.15) is 21.5 Å². The van der Waals surface area contributed by atoms with Crippen LogP contribution in [0.4, 0.5) is 0 Å². The Kier molecular flexibility index (Phi) is 2.77.